The number of halogens is 2. The molecule has 0 aromatic heterocycles. The molecule has 1 heterocycles. The van der Waals surface area contributed by atoms with E-state index in [1.54, 1.807) is 31.2 Å². The summed E-state index contributed by atoms with van der Waals surface area (Å²) in [6.45, 7) is 0.657. The van der Waals surface area contributed by atoms with Crippen LogP contribution in [0.2, 0.25) is 0 Å². The van der Waals surface area contributed by atoms with Gasteiger partial charge in [0.15, 0.2) is 0 Å². The van der Waals surface area contributed by atoms with Gasteiger partial charge in [0.05, 0.1) is 6.54 Å². The Morgan fingerprint density at radius 3 is 2.50 bits per heavy atom. The van der Waals surface area contributed by atoms with Crippen molar-refractivity contribution in [2.75, 3.05) is 18.4 Å². The highest BCUT2D eigenvalue weighted by Crippen LogP contribution is 2.30. The number of imide groups is 1. The van der Waals surface area contributed by atoms with E-state index >= 15 is 0 Å². The van der Waals surface area contributed by atoms with Gasteiger partial charge in [-0.2, -0.15) is 0 Å². The van der Waals surface area contributed by atoms with E-state index in [0.717, 1.165) is 9.37 Å². The van der Waals surface area contributed by atoms with E-state index in [-0.39, 0.29) is 6.54 Å². The lowest BCUT2D eigenvalue weighted by molar-refractivity contribution is -0.135. The third kappa shape index (κ3) is 4.65. The van der Waals surface area contributed by atoms with Crippen LogP contribution in [-0.4, -0.2) is 41.7 Å². The smallest absolute Gasteiger partial charge is 0.325 e. The summed E-state index contributed by atoms with van der Waals surface area (Å²) in [6, 6.07) is 11.4. The highest BCUT2D eigenvalue weighted by Gasteiger charge is 2.49. The number of hydrogen-bond acceptors (Lipinski definition) is 4. The van der Waals surface area contributed by atoms with E-state index in [2.05, 4.69) is 31.9 Å². The van der Waals surface area contributed by atoms with Crippen molar-refractivity contribution in [2.45, 2.75) is 12.5 Å². The molecule has 3 rings (SSSR count). The average Bonchev–Trinajstić information content (AvgIpc) is 2.92. The lowest BCUT2D eigenvalue weighted by Crippen LogP contribution is -2.44. The van der Waals surface area contributed by atoms with Gasteiger partial charge in [0, 0.05) is 10.2 Å². The quantitative estimate of drug-likeness (QED) is 0.554. The standard InChI is InChI=1S/C20H18BrFN4O4/c1-20(12-3-2-4-13(21)9-12)18(29)26(19(30)25-20)11-17(28)23-10-16(27)24-15-7-5-14(22)6-8-15/h2-9H,10-11H2,1H3,(H,23,28)(H,24,27)(H,25,30). The molecule has 30 heavy (non-hydrogen) atoms. The molecule has 0 saturated carbocycles. The second-order valence-electron chi connectivity index (χ2n) is 6.79. The van der Waals surface area contributed by atoms with E-state index in [4.69, 9.17) is 0 Å². The molecule has 1 aliphatic heterocycles. The number of amides is 5. The number of nitrogens with one attached hydrogen (secondary N) is 3. The molecule has 1 unspecified atom stereocenters. The zero-order chi connectivity index (χ0) is 21.9. The Bertz CT molecular complexity index is 1010. The Hall–Kier alpha value is -3.27. The first kappa shape index (κ1) is 21.4. The van der Waals surface area contributed by atoms with Crippen LogP contribution in [0.1, 0.15) is 12.5 Å². The van der Waals surface area contributed by atoms with Crippen LogP contribution in [0.25, 0.3) is 0 Å². The van der Waals surface area contributed by atoms with Crippen molar-refractivity contribution in [2.24, 2.45) is 0 Å². The van der Waals surface area contributed by atoms with Gasteiger partial charge >= 0.3 is 6.03 Å². The summed E-state index contributed by atoms with van der Waals surface area (Å²) in [5, 5.41) is 7.45. The number of benzene rings is 2. The molecule has 10 heteroatoms. The first-order valence-corrected chi connectivity index (χ1v) is 9.70. The number of urea groups is 1. The molecule has 2 aromatic carbocycles. The largest absolute Gasteiger partial charge is 0.345 e. The summed E-state index contributed by atoms with van der Waals surface area (Å²) in [6.07, 6.45) is 0. The van der Waals surface area contributed by atoms with Crippen molar-refractivity contribution < 1.29 is 23.6 Å². The summed E-state index contributed by atoms with van der Waals surface area (Å²) < 4.78 is 13.6. The molecule has 1 saturated heterocycles. The number of nitrogens with zero attached hydrogens (tertiary/aromatic N) is 1. The summed E-state index contributed by atoms with van der Waals surface area (Å²) >= 11 is 3.33. The molecule has 0 aliphatic carbocycles. The Morgan fingerprint density at radius 2 is 1.83 bits per heavy atom. The van der Waals surface area contributed by atoms with E-state index in [1.807, 2.05) is 0 Å². The maximum Gasteiger partial charge on any atom is 0.325 e. The molecule has 0 radical (unpaired) electrons. The molecule has 1 aliphatic rings. The Kier molecular flexibility index (Phi) is 6.16. The maximum atomic E-state index is 12.9. The van der Waals surface area contributed by atoms with E-state index in [1.165, 1.54) is 24.3 Å². The predicted molar refractivity (Wildman–Crippen MR) is 110 cm³/mol. The van der Waals surface area contributed by atoms with Crippen LogP contribution >= 0.6 is 15.9 Å². The predicted octanol–water partition coefficient (Wildman–Crippen LogP) is 2.11. The van der Waals surface area contributed by atoms with Crippen LogP contribution in [0.4, 0.5) is 14.9 Å². The van der Waals surface area contributed by atoms with Crippen LogP contribution in [0.3, 0.4) is 0 Å². The van der Waals surface area contributed by atoms with Gasteiger partial charge in [-0.05, 0) is 48.9 Å². The molecule has 1 fully saturated rings. The van der Waals surface area contributed by atoms with Crippen molar-refractivity contribution in [3.05, 3.63) is 64.4 Å². The lowest BCUT2D eigenvalue weighted by Gasteiger charge is -2.22. The van der Waals surface area contributed by atoms with E-state index in [0.29, 0.717) is 11.3 Å². The fourth-order valence-corrected chi connectivity index (χ4v) is 3.35. The lowest BCUT2D eigenvalue weighted by atomic mass is 9.92. The fourth-order valence-electron chi connectivity index (χ4n) is 2.95. The van der Waals surface area contributed by atoms with Gasteiger partial charge < -0.3 is 16.0 Å². The van der Waals surface area contributed by atoms with Gasteiger partial charge in [-0.3, -0.25) is 19.3 Å². The zero-order valence-corrected chi connectivity index (χ0v) is 17.5. The zero-order valence-electron chi connectivity index (χ0n) is 15.9. The number of anilines is 1. The minimum atomic E-state index is -1.30. The Morgan fingerprint density at radius 1 is 1.13 bits per heavy atom. The minimum Gasteiger partial charge on any atom is -0.345 e. The molecule has 0 spiro atoms. The van der Waals surface area contributed by atoms with Gasteiger partial charge in [0.2, 0.25) is 11.8 Å². The first-order chi connectivity index (χ1) is 14.2. The summed E-state index contributed by atoms with van der Waals surface area (Å²) in [5.74, 6) is -2.22. The van der Waals surface area contributed by atoms with Crippen molar-refractivity contribution in [1.29, 1.82) is 0 Å². The van der Waals surface area contributed by atoms with Gasteiger partial charge in [-0.25, -0.2) is 9.18 Å². The van der Waals surface area contributed by atoms with Gasteiger partial charge in [-0.1, -0.05) is 28.1 Å². The molecule has 0 bridgehead atoms. The molecule has 5 amide bonds. The maximum absolute atomic E-state index is 12.9. The highest BCUT2D eigenvalue weighted by molar-refractivity contribution is 9.10. The highest BCUT2D eigenvalue weighted by atomic mass is 79.9. The van der Waals surface area contributed by atoms with E-state index < -0.39 is 41.7 Å². The number of hydrogen-bond donors (Lipinski definition) is 3. The SMILES string of the molecule is CC1(c2cccc(Br)c2)NC(=O)N(CC(=O)NCC(=O)Nc2ccc(F)cc2)C1=O. The number of carbonyl (C=O) groups is 4. The van der Waals surface area contributed by atoms with Crippen molar-refractivity contribution >= 4 is 45.4 Å². The summed E-state index contributed by atoms with van der Waals surface area (Å²) in [5.41, 5.74) is -0.368. The molecular weight excluding hydrogens is 459 g/mol. The van der Waals surface area contributed by atoms with Crippen molar-refractivity contribution in [1.82, 2.24) is 15.5 Å². The molecular formula is C20H18BrFN4O4. The fraction of sp³-hybridized carbons (Fsp3) is 0.200. The average molecular weight is 477 g/mol. The molecule has 1 atom stereocenters. The van der Waals surface area contributed by atoms with Crippen molar-refractivity contribution in [3.63, 3.8) is 0 Å². The molecule has 8 nitrogen and oxygen atoms in total. The molecule has 156 valence electrons. The van der Waals surface area contributed by atoms with Crippen molar-refractivity contribution in [3.8, 4) is 0 Å². The second-order valence-corrected chi connectivity index (χ2v) is 7.70. The summed E-state index contributed by atoms with van der Waals surface area (Å²) in [4.78, 5) is 50.0. The van der Waals surface area contributed by atoms with Gasteiger partial charge in [0.25, 0.3) is 5.91 Å². The van der Waals surface area contributed by atoms with Crippen LogP contribution in [0, 0.1) is 5.82 Å². The third-order valence-electron chi connectivity index (χ3n) is 4.55. The Balaban J connectivity index is 1.57. The van der Waals surface area contributed by atoms with E-state index in [9.17, 15) is 23.6 Å². The third-order valence-corrected chi connectivity index (χ3v) is 5.05. The van der Waals surface area contributed by atoms with Gasteiger partial charge in [0.1, 0.15) is 17.9 Å². The number of rotatable bonds is 6. The van der Waals surface area contributed by atoms with Gasteiger partial charge in [-0.15, -0.1) is 0 Å². The topological polar surface area (TPSA) is 108 Å². The van der Waals surface area contributed by atoms with Crippen LogP contribution < -0.4 is 16.0 Å². The minimum absolute atomic E-state index is 0.370. The normalized spacial score (nSPS) is 18.2. The van der Waals surface area contributed by atoms with Crippen LogP contribution in [-0.2, 0) is 19.9 Å². The second kappa shape index (κ2) is 8.62. The van der Waals surface area contributed by atoms with Crippen LogP contribution in [0.5, 0.6) is 0 Å². The Labute approximate surface area is 179 Å². The van der Waals surface area contributed by atoms with Crippen LogP contribution in [0.15, 0.2) is 53.0 Å². The molecule has 3 N–H and O–H groups in total. The molecule has 2 aromatic rings. The first-order valence-electron chi connectivity index (χ1n) is 8.91. The monoisotopic (exact) mass is 476 g/mol. The summed E-state index contributed by atoms with van der Waals surface area (Å²) in [7, 11) is 0. The number of carbonyl (C=O) groups excluding carboxylic acids is 4.